The van der Waals surface area contributed by atoms with Crippen molar-refractivity contribution < 1.29 is 0 Å². The summed E-state index contributed by atoms with van der Waals surface area (Å²) in [6.45, 7) is 5.79. The lowest BCUT2D eigenvalue weighted by atomic mass is 9.91. The van der Waals surface area contributed by atoms with E-state index in [2.05, 4.69) is 43.4 Å². The summed E-state index contributed by atoms with van der Waals surface area (Å²) >= 11 is 0. The maximum Gasteiger partial charge on any atom is 0.00963 e. The van der Waals surface area contributed by atoms with Gasteiger partial charge >= 0.3 is 0 Å². The van der Waals surface area contributed by atoms with Crippen molar-refractivity contribution in [3.8, 4) is 0 Å². The van der Waals surface area contributed by atoms with Crippen LogP contribution >= 0.6 is 0 Å². The minimum Gasteiger partial charge on any atom is -0.314 e. The lowest BCUT2D eigenvalue weighted by Crippen LogP contribution is -2.29. The van der Waals surface area contributed by atoms with Crippen LogP contribution in [0.2, 0.25) is 0 Å². The lowest BCUT2D eigenvalue weighted by molar-refractivity contribution is 0.417. The molecule has 1 aliphatic rings. The van der Waals surface area contributed by atoms with Gasteiger partial charge in [-0.15, -0.1) is 0 Å². The first-order valence-electron chi connectivity index (χ1n) is 6.05. The molecular formula is C14H21N. The van der Waals surface area contributed by atoms with Crippen LogP contribution in [0.25, 0.3) is 0 Å². The van der Waals surface area contributed by atoms with E-state index in [1.54, 1.807) is 0 Å². The summed E-state index contributed by atoms with van der Waals surface area (Å²) in [7, 11) is 0. The second-order valence-corrected chi connectivity index (χ2v) is 4.81. The molecule has 0 saturated carbocycles. The summed E-state index contributed by atoms with van der Waals surface area (Å²) in [5, 5.41) is 3.60. The summed E-state index contributed by atoms with van der Waals surface area (Å²) in [6, 6.07) is 9.49. The molecule has 2 unspecified atom stereocenters. The molecule has 1 saturated heterocycles. The fourth-order valence-electron chi connectivity index (χ4n) is 2.53. The highest BCUT2D eigenvalue weighted by Crippen LogP contribution is 2.20. The van der Waals surface area contributed by atoms with Crippen molar-refractivity contribution >= 4 is 0 Å². The molecule has 1 fully saturated rings. The molecule has 0 aliphatic carbocycles. The standard InChI is InChI=1S/C14H21N/c1-11-6-3-4-7-13(11)10-12(2)14-8-5-9-15-14/h3-4,6-7,12,14-15H,5,8-10H2,1-2H3. The molecule has 15 heavy (non-hydrogen) atoms. The van der Waals surface area contributed by atoms with Gasteiger partial charge in [0.1, 0.15) is 0 Å². The summed E-state index contributed by atoms with van der Waals surface area (Å²) in [4.78, 5) is 0. The van der Waals surface area contributed by atoms with Gasteiger partial charge in [0.05, 0.1) is 0 Å². The fourth-order valence-corrected chi connectivity index (χ4v) is 2.53. The molecule has 2 atom stereocenters. The average molecular weight is 203 g/mol. The predicted molar refractivity (Wildman–Crippen MR) is 65.1 cm³/mol. The van der Waals surface area contributed by atoms with Crippen LogP contribution < -0.4 is 5.32 Å². The quantitative estimate of drug-likeness (QED) is 0.796. The zero-order valence-corrected chi connectivity index (χ0v) is 9.79. The van der Waals surface area contributed by atoms with E-state index in [4.69, 9.17) is 0 Å². The molecule has 1 heteroatoms. The number of aryl methyl sites for hydroxylation is 1. The Hall–Kier alpha value is -0.820. The van der Waals surface area contributed by atoms with Gasteiger partial charge in [0.25, 0.3) is 0 Å². The van der Waals surface area contributed by atoms with E-state index in [1.807, 2.05) is 0 Å². The second-order valence-electron chi connectivity index (χ2n) is 4.81. The van der Waals surface area contributed by atoms with Crippen molar-refractivity contribution in [2.45, 2.75) is 39.2 Å². The van der Waals surface area contributed by atoms with E-state index in [0.717, 1.165) is 12.0 Å². The molecule has 1 aliphatic heterocycles. The van der Waals surface area contributed by atoms with Crippen molar-refractivity contribution in [3.63, 3.8) is 0 Å². The van der Waals surface area contributed by atoms with Gasteiger partial charge in [-0.25, -0.2) is 0 Å². The Bertz CT molecular complexity index is 313. The van der Waals surface area contributed by atoms with E-state index in [-0.39, 0.29) is 0 Å². The number of nitrogens with one attached hydrogen (secondary N) is 1. The third kappa shape index (κ3) is 2.60. The van der Waals surface area contributed by atoms with Gasteiger partial charge in [-0.05, 0) is 49.8 Å². The molecule has 1 aromatic rings. The average Bonchev–Trinajstić information content (AvgIpc) is 2.74. The SMILES string of the molecule is Cc1ccccc1CC(C)C1CCCN1. The Balaban J connectivity index is 1.99. The zero-order chi connectivity index (χ0) is 10.7. The van der Waals surface area contributed by atoms with E-state index < -0.39 is 0 Å². The maximum absolute atomic E-state index is 3.60. The summed E-state index contributed by atoms with van der Waals surface area (Å²) in [6.07, 6.45) is 3.92. The van der Waals surface area contributed by atoms with E-state index in [0.29, 0.717) is 0 Å². The third-order valence-electron chi connectivity index (χ3n) is 3.59. The Morgan fingerprint density at radius 3 is 2.87 bits per heavy atom. The zero-order valence-electron chi connectivity index (χ0n) is 9.79. The molecule has 1 aromatic carbocycles. The van der Waals surface area contributed by atoms with Gasteiger partial charge < -0.3 is 5.32 Å². The molecule has 0 bridgehead atoms. The molecule has 0 spiro atoms. The van der Waals surface area contributed by atoms with Crippen molar-refractivity contribution in [3.05, 3.63) is 35.4 Å². The van der Waals surface area contributed by atoms with E-state index >= 15 is 0 Å². The Morgan fingerprint density at radius 1 is 1.40 bits per heavy atom. The van der Waals surface area contributed by atoms with Crippen LogP contribution in [-0.4, -0.2) is 12.6 Å². The Labute approximate surface area is 92.9 Å². The van der Waals surface area contributed by atoms with Crippen LogP contribution in [0.4, 0.5) is 0 Å². The molecule has 0 aromatic heterocycles. The number of hydrogen-bond donors (Lipinski definition) is 1. The van der Waals surface area contributed by atoms with Crippen molar-refractivity contribution in [1.82, 2.24) is 5.32 Å². The first kappa shape index (κ1) is 10.7. The lowest BCUT2D eigenvalue weighted by Gasteiger charge is -2.20. The van der Waals surface area contributed by atoms with Crippen LogP contribution in [0.15, 0.2) is 24.3 Å². The predicted octanol–water partition coefficient (Wildman–Crippen LogP) is 2.93. The molecule has 2 rings (SSSR count). The highest BCUT2D eigenvalue weighted by atomic mass is 14.9. The summed E-state index contributed by atoms with van der Waals surface area (Å²) in [5.41, 5.74) is 2.95. The Kier molecular flexibility index (Phi) is 3.42. The van der Waals surface area contributed by atoms with E-state index in [9.17, 15) is 0 Å². The summed E-state index contributed by atoms with van der Waals surface area (Å²) < 4.78 is 0. The van der Waals surface area contributed by atoms with Crippen LogP contribution in [0.5, 0.6) is 0 Å². The molecule has 1 N–H and O–H groups in total. The normalized spacial score (nSPS) is 22.9. The molecule has 0 amide bonds. The minimum atomic E-state index is 0.740. The second kappa shape index (κ2) is 4.80. The molecular weight excluding hydrogens is 182 g/mol. The molecule has 1 nitrogen and oxygen atoms in total. The first-order valence-corrected chi connectivity index (χ1v) is 6.05. The van der Waals surface area contributed by atoms with E-state index in [1.165, 1.54) is 36.9 Å². The monoisotopic (exact) mass is 203 g/mol. The van der Waals surface area contributed by atoms with Crippen molar-refractivity contribution in [2.24, 2.45) is 5.92 Å². The number of hydrogen-bond acceptors (Lipinski definition) is 1. The van der Waals surface area contributed by atoms with Crippen LogP contribution in [0.3, 0.4) is 0 Å². The molecule has 1 heterocycles. The topological polar surface area (TPSA) is 12.0 Å². The highest BCUT2D eigenvalue weighted by molar-refractivity contribution is 5.26. The van der Waals surface area contributed by atoms with Crippen LogP contribution in [0, 0.1) is 12.8 Å². The highest BCUT2D eigenvalue weighted by Gasteiger charge is 2.21. The number of rotatable bonds is 3. The van der Waals surface area contributed by atoms with Gasteiger partial charge in [0.15, 0.2) is 0 Å². The van der Waals surface area contributed by atoms with Gasteiger partial charge in [0, 0.05) is 6.04 Å². The number of benzene rings is 1. The smallest absolute Gasteiger partial charge is 0.00963 e. The Morgan fingerprint density at radius 2 is 2.20 bits per heavy atom. The first-order chi connectivity index (χ1) is 7.27. The van der Waals surface area contributed by atoms with Crippen LogP contribution in [-0.2, 0) is 6.42 Å². The minimum absolute atomic E-state index is 0.740. The van der Waals surface area contributed by atoms with Gasteiger partial charge in [-0.2, -0.15) is 0 Å². The van der Waals surface area contributed by atoms with Gasteiger partial charge in [-0.3, -0.25) is 0 Å². The van der Waals surface area contributed by atoms with Gasteiger partial charge in [-0.1, -0.05) is 31.2 Å². The van der Waals surface area contributed by atoms with Crippen LogP contribution in [0.1, 0.15) is 30.9 Å². The third-order valence-corrected chi connectivity index (χ3v) is 3.59. The molecule has 82 valence electrons. The molecule has 0 radical (unpaired) electrons. The van der Waals surface area contributed by atoms with Gasteiger partial charge in [0.2, 0.25) is 0 Å². The van der Waals surface area contributed by atoms with Crippen molar-refractivity contribution in [1.29, 1.82) is 0 Å². The largest absolute Gasteiger partial charge is 0.314 e. The van der Waals surface area contributed by atoms with Crippen molar-refractivity contribution in [2.75, 3.05) is 6.54 Å². The maximum atomic E-state index is 3.60. The fraction of sp³-hybridized carbons (Fsp3) is 0.571. The summed E-state index contributed by atoms with van der Waals surface area (Å²) in [5.74, 6) is 0.758.